The van der Waals surface area contributed by atoms with E-state index in [9.17, 15) is 4.79 Å². The van der Waals surface area contributed by atoms with Gasteiger partial charge in [-0.1, -0.05) is 18.2 Å². The second kappa shape index (κ2) is 5.66. The fourth-order valence-electron chi connectivity index (χ4n) is 2.56. The van der Waals surface area contributed by atoms with Crippen molar-refractivity contribution in [2.24, 2.45) is 12.1 Å². The van der Waals surface area contributed by atoms with Gasteiger partial charge in [0.15, 0.2) is 5.76 Å². The molecule has 1 aliphatic rings. The van der Waals surface area contributed by atoms with Crippen molar-refractivity contribution in [1.29, 1.82) is 0 Å². The summed E-state index contributed by atoms with van der Waals surface area (Å²) in [6, 6.07) is 14.7. The SMILES string of the molecule is Cn1nccc1/C=C1\C(=O)N(c2ccccc2)N=C1c1ccco1. The van der Waals surface area contributed by atoms with Crippen LogP contribution in [0.2, 0.25) is 0 Å². The van der Waals surface area contributed by atoms with Gasteiger partial charge in [0.2, 0.25) is 0 Å². The summed E-state index contributed by atoms with van der Waals surface area (Å²) in [6.45, 7) is 0. The average molecular weight is 318 g/mol. The highest BCUT2D eigenvalue weighted by molar-refractivity contribution is 6.36. The molecule has 1 aromatic carbocycles. The second-order valence-electron chi connectivity index (χ2n) is 5.32. The third-order valence-corrected chi connectivity index (χ3v) is 3.78. The van der Waals surface area contributed by atoms with Crippen molar-refractivity contribution in [1.82, 2.24) is 9.78 Å². The molecule has 3 heterocycles. The van der Waals surface area contributed by atoms with E-state index in [4.69, 9.17) is 4.42 Å². The number of para-hydroxylation sites is 1. The van der Waals surface area contributed by atoms with Crippen LogP contribution in [-0.2, 0) is 11.8 Å². The van der Waals surface area contributed by atoms with Gasteiger partial charge in [0.05, 0.1) is 23.2 Å². The van der Waals surface area contributed by atoms with E-state index in [0.717, 1.165) is 5.69 Å². The number of benzene rings is 1. The van der Waals surface area contributed by atoms with Crippen LogP contribution in [0.3, 0.4) is 0 Å². The maximum absolute atomic E-state index is 12.9. The Morgan fingerprint density at radius 3 is 2.58 bits per heavy atom. The van der Waals surface area contributed by atoms with Gasteiger partial charge in [0.1, 0.15) is 5.71 Å². The van der Waals surface area contributed by atoms with Gasteiger partial charge < -0.3 is 4.42 Å². The minimum Gasteiger partial charge on any atom is -0.463 e. The predicted octanol–water partition coefficient (Wildman–Crippen LogP) is 2.85. The first-order valence-electron chi connectivity index (χ1n) is 7.46. The lowest BCUT2D eigenvalue weighted by molar-refractivity contribution is -0.114. The Labute approximate surface area is 138 Å². The van der Waals surface area contributed by atoms with Crippen molar-refractivity contribution >= 4 is 23.4 Å². The van der Waals surface area contributed by atoms with Crippen molar-refractivity contribution in [2.45, 2.75) is 0 Å². The number of hydrogen-bond donors (Lipinski definition) is 0. The quantitative estimate of drug-likeness (QED) is 0.698. The van der Waals surface area contributed by atoms with Crippen LogP contribution < -0.4 is 5.01 Å². The van der Waals surface area contributed by atoms with Gasteiger partial charge in [0, 0.05) is 13.2 Å². The van der Waals surface area contributed by atoms with Crippen molar-refractivity contribution in [2.75, 3.05) is 5.01 Å². The molecule has 0 spiro atoms. The van der Waals surface area contributed by atoms with E-state index >= 15 is 0 Å². The summed E-state index contributed by atoms with van der Waals surface area (Å²) in [7, 11) is 1.82. The molecule has 6 nitrogen and oxygen atoms in total. The number of aryl methyl sites for hydroxylation is 1. The van der Waals surface area contributed by atoms with Crippen LogP contribution in [0.15, 0.2) is 76.1 Å². The van der Waals surface area contributed by atoms with E-state index in [1.807, 2.05) is 43.4 Å². The summed E-state index contributed by atoms with van der Waals surface area (Å²) in [5, 5.41) is 10.0. The van der Waals surface area contributed by atoms with Crippen molar-refractivity contribution in [3.63, 3.8) is 0 Å². The zero-order valence-corrected chi connectivity index (χ0v) is 13.0. The first-order chi connectivity index (χ1) is 11.7. The van der Waals surface area contributed by atoms with E-state index in [1.54, 1.807) is 35.4 Å². The number of nitrogens with zero attached hydrogens (tertiary/aromatic N) is 4. The number of anilines is 1. The average Bonchev–Trinajstić information content (AvgIpc) is 3.32. The van der Waals surface area contributed by atoms with Crippen molar-refractivity contribution in [3.05, 3.63) is 78.0 Å². The Bertz CT molecular complexity index is 937. The Kier molecular flexibility index (Phi) is 3.35. The zero-order valence-electron chi connectivity index (χ0n) is 13.0. The van der Waals surface area contributed by atoms with Crippen LogP contribution in [0.25, 0.3) is 6.08 Å². The lowest BCUT2D eigenvalue weighted by Crippen LogP contribution is -2.21. The van der Waals surface area contributed by atoms with E-state index in [0.29, 0.717) is 22.7 Å². The van der Waals surface area contributed by atoms with Gasteiger partial charge in [-0.25, -0.2) is 0 Å². The van der Waals surface area contributed by atoms with Crippen LogP contribution in [0.5, 0.6) is 0 Å². The molecule has 1 amide bonds. The minimum absolute atomic E-state index is 0.200. The third kappa shape index (κ3) is 2.34. The largest absolute Gasteiger partial charge is 0.463 e. The summed E-state index contributed by atoms with van der Waals surface area (Å²) in [5.41, 5.74) is 2.50. The molecule has 6 heteroatoms. The van der Waals surface area contributed by atoms with E-state index in [-0.39, 0.29) is 5.91 Å². The van der Waals surface area contributed by atoms with Gasteiger partial charge >= 0.3 is 0 Å². The second-order valence-corrected chi connectivity index (χ2v) is 5.32. The topological polar surface area (TPSA) is 63.6 Å². The Morgan fingerprint density at radius 2 is 1.92 bits per heavy atom. The molecule has 2 aromatic heterocycles. The smallest absolute Gasteiger partial charge is 0.281 e. The molecule has 0 N–H and O–H groups in total. The number of carbonyl (C=O) groups excluding carboxylic acids is 1. The summed E-state index contributed by atoms with van der Waals surface area (Å²) in [6.07, 6.45) is 5.03. The Hall–Kier alpha value is -3.41. The molecule has 24 heavy (non-hydrogen) atoms. The highest BCUT2D eigenvalue weighted by atomic mass is 16.3. The van der Waals surface area contributed by atoms with Gasteiger partial charge in [-0.15, -0.1) is 0 Å². The number of hydrogen-bond acceptors (Lipinski definition) is 4. The highest BCUT2D eigenvalue weighted by Gasteiger charge is 2.33. The van der Waals surface area contributed by atoms with Crippen LogP contribution >= 0.6 is 0 Å². The number of amides is 1. The standard InChI is InChI=1S/C18H14N4O2/c1-21-14(9-10-19-21)12-15-17(16-8-5-11-24-16)20-22(18(15)23)13-6-3-2-4-7-13/h2-12H,1H3/b15-12-. The third-order valence-electron chi connectivity index (χ3n) is 3.78. The molecule has 3 aromatic rings. The van der Waals surface area contributed by atoms with Crippen LogP contribution in [0.4, 0.5) is 5.69 Å². The number of carbonyl (C=O) groups is 1. The normalized spacial score (nSPS) is 16.0. The van der Waals surface area contributed by atoms with Gasteiger partial charge in [-0.3, -0.25) is 9.48 Å². The highest BCUT2D eigenvalue weighted by Crippen LogP contribution is 2.27. The summed E-state index contributed by atoms with van der Waals surface area (Å²) >= 11 is 0. The van der Waals surface area contributed by atoms with E-state index in [2.05, 4.69) is 10.2 Å². The predicted molar refractivity (Wildman–Crippen MR) is 90.4 cm³/mol. The molecule has 0 atom stereocenters. The molecule has 0 saturated heterocycles. The van der Waals surface area contributed by atoms with Crippen LogP contribution in [0.1, 0.15) is 11.5 Å². The first kappa shape index (κ1) is 14.2. The molecule has 0 unspecified atom stereocenters. The molecular formula is C18H14N4O2. The molecule has 0 fully saturated rings. The fraction of sp³-hybridized carbons (Fsp3) is 0.0556. The lowest BCUT2D eigenvalue weighted by Gasteiger charge is -2.10. The maximum atomic E-state index is 12.9. The van der Waals surface area contributed by atoms with Crippen LogP contribution in [-0.4, -0.2) is 21.4 Å². The van der Waals surface area contributed by atoms with Gasteiger partial charge in [0.25, 0.3) is 5.91 Å². The summed E-state index contributed by atoms with van der Waals surface area (Å²) < 4.78 is 7.16. The number of aromatic nitrogens is 2. The van der Waals surface area contributed by atoms with Gasteiger partial charge in [-0.05, 0) is 36.4 Å². The number of furan rings is 1. The van der Waals surface area contributed by atoms with E-state index in [1.165, 1.54) is 5.01 Å². The maximum Gasteiger partial charge on any atom is 0.281 e. The van der Waals surface area contributed by atoms with Gasteiger partial charge in [-0.2, -0.15) is 15.2 Å². The molecule has 0 aliphatic carbocycles. The molecular weight excluding hydrogens is 304 g/mol. The van der Waals surface area contributed by atoms with E-state index < -0.39 is 0 Å². The molecule has 4 rings (SSSR count). The first-order valence-corrected chi connectivity index (χ1v) is 7.46. The minimum atomic E-state index is -0.200. The van der Waals surface area contributed by atoms with Crippen molar-refractivity contribution in [3.8, 4) is 0 Å². The monoisotopic (exact) mass is 318 g/mol. The molecule has 0 bridgehead atoms. The zero-order chi connectivity index (χ0) is 16.5. The van der Waals surface area contributed by atoms with Crippen molar-refractivity contribution < 1.29 is 9.21 Å². The van der Waals surface area contributed by atoms with Crippen LogP contribution in [0, 0.1) is 0 Å². The molecule has 0 radical (unpaired) electrons. The Morgan fingerprint density at radius 1 is 1.08 bits per heavy atom. The molecule has 118 valence electrons. The number of hydrazone groups is 1. The Balaban J connectivity index is 1.83. The number of rotatable bonds is 3. The summed E-state index contributed by atoms with van der Waals surface area (Å²) in [5.74, 6) is 0.351. The molecule has 1 aliphatic heterocycles. The lowest BCUT2D eigenvalue weighted by atomic mass is 10.1. The summed E-state index contributed by atoms with van der Waals surface area (Å²) in [4.78, 5) is 12.9. The molecule has 0 saturated carbocycles. The fourth-order valence-corrected chi connectivity index (χ4v) is 2.56.